The largest absolute Gasteiger partial charge is 0.485 e. The Labute approximate surface area is 141 Å². The van der Waals surface area contributed by atoms with Gasteiger partial charge in [-0.1, -0.05) is 32.3 Å². The number of alkyl halides is 2. The summed E-state index contributed by atoms with van der Waals surface area (Å²) in [7, 11) is -3.46. The van der Waals surface area contributed by atoms with Gasteiger partial charge in [-0.2, -0.15) is 0 Å². The van der Waals surface area contributed by atoms with Crippen molar-refractivity contribution in [1.82, 2.24) is 4.72 Å². The topological polar surface area (TPSA) is 55.4 Å². The lowest BCUT2D eigenvalue weighted by molar-refractivity contribution is 0.0798. The molecule has 1 N–H and O–H groups in total. The highest BCUT2D eigenvalue weighted by atomic mass is 32.2. The van der Waals surface area contributed by atoms with E-state index in [2.05, 4.69) is 4.72 Å². The third-order valence-electron chi connectivity index (χ3n) is 3.44. The summed E-state index contributed by atoms with van der Waals surface area (Å²) >= 11 is 0. The summed E-state index contributed by atoms with van der Waals surface area (Å²) in [6.07, 6.45) is 0.692. The van der Waals surface area contributed by atoms with E-state index in [1.165, 1.54) is 12.1 Å². The Morgan fingerprint density at radius 1 is 1.21 bits per heavy atom. The zero-order valence-electron chi connectivity index (χ0n) is 13.9. The Hall–Kier alpha value is -1.28. The first-order valence-electron chi connectivity index (χ1n) is 7.95. The molecule has 138 valence electrons. The van der Waals surface area contributed by atoms with Crippen LogP contribution in [0.15, 0.2) is 18.2 Å². The number of nitrogens with one attached hydrogen (secondary N) is 1. The molecule has 0 spiro atoms. The molecule has 1 atom stereocenters. The molecule has 0 heterocycles. The molecule has 0 unspecified atom stereocenters. The lowest BCUT2D eigenvalue weighted by Gasteiger charge is -2.16. The van der Waals surface area contributed by atoms with Crippen LogP contribution in [0.5, 0.6) is 5.75 Å². The average molecular weight is 367 g/mol. The van der Waals surface area contributed by atoms with Gasteiger partial charge in [0.15, 0.2) is 11.6 Å². The Balaban J connectivity index is 2.69. The molecule has 0 aliphatic heterocycles. The molecule has 1 aromatic carbocycles. The molecular weight excluding hydrogens is 343 g/mol. The van der Waals surface area contributed by atoms with Crippen molar-refractivity contribution in [3.63, 3.8) is 0 Å². The standard InChI is InChI=1S/C16H24F3NO3S/c1-3-4-5-6-9-24(21,22)20-12(2)13-7-8-14(17)15(10-13)23-11-16(18)19/h7-8,10,12,16,20H,3-6,9,11H2,1-2H3/t12-/m1/s1. The van der Waals surface area contributed by atoms with Crippen LogP contribution in [0.4, 0.5) is 13.2 Å². The van der Waals surface area contributed by atoms with Gasteiger partial charge < -0.3 is 4.74 Å². The maximum atomic E-state index is 13.6. The van der Waals surface area contributed by atoms with Gasteiger partial charge in [-0.25, -0.2) is 26.3 Å². The predicted molar refractivity (Wildman–Crippen MR) is 87.4 cm³/mol. The van der Waals surface area contributed by atoms with E-state index < -0.39 is 34.9 Å². The lowest BCUT2D eigenvalue weighted by Crippen LogP contribution is -2.29. The van der Waals surface area contributed by atoms with Crippen LogP contribution < -0.4 is 9.46 Å². The average Bonchev–Trinajstić information content (AvgIpc) is 2.50. The third-order valence-corrected chi connectivity index (χ3v) is 4.98. The van der Waals surface area contributed by atoms with Crippen LogP contribution in [0.2, 0.25) is 0 Å². The Kier molecular flexibility index (Phi) is 8.55. The Morgan fingerprint density at radius 2 is 1.92 bits per heavy atom. The van der Waals surface area contributed by atoms with E-state index in [0.717, 1.165) is 25.3 Å². The molecule has 0 saturated heterocycles. The van der Waals surface area contributed by atoms with Gasteiger partial charge in [-0.3, -0.25) is 0 Å². The Bertz CT molecular complexity index is 609. The highest BCUT2D eigenvalue weighted by molar-refractivity contribution is 7.89. The minimum absolute atomic E-state index is 0.0211. The number of benzene rings is 1. The zero-order valence-corrected chi connectivity index (χ0v) is 14.7. The molecule has 0 aliphatic rings. The van der Waals surface area contributed by atoms with Crippen LogP contribution in [0.3, 0.4) is 0 Å². The highest BCUT2D eigenvalue weighted by Gasteiger charge is 2.17. The smallest absolute Gasteiger partial charge is 0.272 e. The van der Waals surface area contributed by atoms with Crippen molar-refractivity contribution >= 4 is 10.0 Å². The minimum Gasteiger partial charge on any atom is -0.485 e. The fourth-order valence-electron chi connectivity index (χ4n) is 2.17. The van der Waals surface area contributed by atoms with Crippen LogP contribution in [0, 0.1) is 5.82 Å². The first-order valence-corrected chi connectivity index (χ1v) is 9.60. The number of sulfonamides is 1. The van der Waals surface area contributed by atoms with Gasteiger partial charge >= 0.3 is 0 Å². The van der Waals surface area contributed by atoms with Crippen LogP contribution in [0.25, 0.3) is 0 Å². The van der Waals surface area contributed by atoms with Gasteiger partial charge in [0.25, 0.3) is 6.43 Å². The molecule has 1 aromatic rings. The fraction of sp³-hybridized carbons (Fsp3) is 0.625. The maximum absolute atomic E-state index is 13.6. The second-order valence-corrected chi connectivity index (χ2v) is 7.48. The normalized spacial score (nSPS) is 13.2. The van der Waals surface area contributed by atoms with Crippen LogP contribution >= 0.6 is 0 Å². The zero-order chi connectivity index (χ0) is 18.2. The fourth-order valence-corrected chi connectivity index (χ4v) is 3.54. The summed E-state index contributed by atoms with van der Waals surface area (Å²) in [6.45, 7) is 2.72. The third kappa shape index (κ3) is 7.53. The second kappa shape index (κ2) is 9.88. The second-order valence-electron chi connectivity index (χ2n) is 5.61. The number of halogens is 3. The van der Waals surface area contributed by atoms with E-state index in [1.54, 1.807) is 6.92 Å². The predicted octanol–water partition coefficient (Wildman–Crippen LogP) is 4.03. The van der Waals surface area contributed by atoms with E-state index in [0.29, 0.717) is 12.0 Å². The molecule has 0 radical (unpaired) electrons. The summed E-state index contributed by atoms with van der Waals surface area (Å²) in [6, 6.07) is 3.09. The van der Waals surface area contributed by atoms with Crippen molar-refractivity contribution in [3.05, 3.63) is 29.6 Å². The number of ether oxygens (including phenoxy) is 1. The summed E-state index contributed by atoms with van der Waals surface area (Å²) < 4.78 is 69.2. The monoisotopic (exact) mass is 367 g/mol. The van der Waals surface area contributed by atoms with E-state index in [1.807, 2.05) is 6.92 Å². The van der Waals surface area contributed by atoms with Crippen molar-refractivity contribution < 1.29 is 26.3 Å². The lowest BCUT2D eigenvalue weighted by atomic mass is 10.1. The summed E-state index contributed by atoms with van der Waals surface area (Å²) in [5, 5.41) is 0. The quantitative estimate of drug-likeness (QED) is 0.601. The van der Waals surface area contributed by atoms with Gasteiger partial charge in [0.05, 0.1) is 5.75 Å². The van der Waals surface area contributed by atoms with Crippen LogP contribution in [-0.2, 0) is 10.0 Å². The highest BCUT2D eigenvalue weighted by Crippen LogP contribution is 2.24. The van der Waals surface area contributed by atoms with E-state index >= 15 is 0 Å². The van der Waals surface area contributed by atoms with Crippen LogP contribution in [-0.4, -0.2) is 27.2 Å². The van der Waals surface area contributed by atoms with Crippen molar-refractivity contribution in [2.45, 2.75) is 52.0 Å². The van der Waals surface area contributed by atoms with Crippen LogP contribution in [0.1, 0.15) is 51.1 Å². The molecule has 0 aliphatic carbocycles. The van der Waals surface area contributed by atoms with E-state index in [9.17, 15) is 21.6 Å². The molecule has 24 heavy (non-hydrogen) atoms. The van der Waals surface area contributed by atoms with Gasteiger partial charge in [-0.15, -0.1) is 0 Å². The molecule has 0 saturated carbocycles. The SMILES string of the molecule is CCCCCCS(=O)(=O)N[C@H](C)c1ccc(F)c(OCC(F)F)c1. The first-order chi connectivity index (χ1) is 11.2. The molecular formula is C16H24F3NO3S. The molecule has 0 bridgehead atoms. The van der Waals surface area contributed by atoms with Crippen molar-refractivity contribution in [2.75, 3.05) is 12.4 Å². The molecule has 0 amide bonds. The van der Waals surface area contributed by atoms with Crippen molar-refractivity contribution in [2.24, 2.45) is 0 Å². The summed E-state index contributed by atoms with van der Waals surface area (Å²) in [4.78, 5) is 0. The molecule has 4 nitrogen and oxygen atoms in total. The van der Waals surface area contributed by atoms with E-state index in [4.69, 9.17) is 4.74 Å². The molecule has 0 aromatic heterocycles. The van der Waals surface area contributed by atoms with Crippen molar-refractivity contribution in [3.8, 4) is 5.75 Å². The minimum atomic E-state index is -3.46. The molecule has 8 heteroatoms. The van der Waals surface area contributed by atoms with Gasteiger partial charge in [-0.05, 0) is 31.0 Å². The number of hydrogen-bond donors (Lipinski definition) is 1. The summed E-state index contributed by atoms with van der Waals surface area (Å²) in [5.74, 6) is -1.07. The first kappa shape index (κ1) is 20.8. The van der Waals surface area contributed by atoms with Gasteiger partial charge in [0, 0.05) is 6.04 Å². The van der Waals surface area contributed by atoms with Gasteiger partial charge in [0.2, 0.25) is 10.0 Å². The summed E-state index contributed by atoms with van der Waals surface area (Å²) in [5.41, 5.74) is 0.442. The number of hydrogen-bond acceptors (Lipinski definition) is 3. The molecule has 0 fully saturated rings. The number of unbranched alkanes of at least 4 members (excludes halogenated alkanes) is 3. The van der Waals surface area contributed by atoms with E-state index in [-0.39, 0.29) is 11.5 Å². The molecule has 1 rings (SSSR count). The van der Waals surface area contributed by atoms with Gasteiger partial charge in [0.1, 0.15) is 6.61 Å². The Morgan fingerprint density at radius 3 is 2.54 bits per heavy atom. The maximum Gasteiger partial charge on any atom is 0.272 e. The number of rotatable bonds is 11. The van der Waals surface area contributed by atoms with Crippen molar-refractivity contribution in [1.29, 1.82) is 0 Å².